The monoisotopic (exact) mass is 403 g/mol. The number of nitrogens with zero attached hydrogens (tertiary/aromatic N) is 2. The molecule has 0 saturated carbocycles. The molecular formula is C20H25N3O4S. The number of hydrogen-bond donors (Lipinski definition) is 1. The van der Waals surface area contributed by atoms with Crippen LogP contribution in [0.25, 0.3) is 0 Å². The van der Waals surface area contributed by atoms with Crippen molar-refractivity contribution in [1.29, 1.82) is 0 Å². The van der Waals surface area contributed by atoms with Gasteiger partial charge >= 0.3 is 0 Å². The summed E-state index contributed by atoms with van der Waals surface area (Å²) >= 11 is 0. The molecule has 3 rings (SSSR count). The molecule has 7 nitrogen and oxygen atoms in total. The number of sulfonamides is 1. The summed E-state index contributed by atoms with van der Waals surface area (Å²) in [5.41, 5.74) is 1.13. The number of rotatable bonds is 7. The minimum Gasteiger partial charge on any atom is -0.484 e. The van der Waals surface area contributed by atoms with Gasteiger partial charge in [-0.3, -0.25) is 9.78 Å². The zero-order chi connectivity index (χ0) is 20.0. The largest absolute Gasteiger partial charge is 0.484 e. The molecule has 1 aliphatic rings. The van der Waals surface area contributed by atoms with Gasteiger partial charge in [-0.15, -0.1) is 0 Å². The molecule has 0 bridgehead atoms. The van der Waals surface area contributed by atoms with Crippen LogP contribution in [0.1, 0.15) is 18.4 Å². The Bertz CT molecular complexity index is 877. The standard InChI is InChI=1S/C20H25N3O4S/c1-16-4-6-18(7-5-16)27-15-20(24)22-13-17-8-11-23(12-9-17)28(25,26)19-3-2-10-21-14-19/h2-7,10,14,17H,8-9,11-13,15H2,1H3,(H,22,24). The molecule has 8 heteroatoms. The fourth-order valence-corrected chi connectivity index (χ4v) is 4.53. The predicted octanol–water partition coefficient (Wildman–Crippen LogP) is 1.99. The van der Waals surface area contributed by atoms with Crippen LogP contribution in [-0.4, -0.2) is 49.9 Å². The summed E-state index contributed by atoms with van der Waals surface area (Å²) in [4.78, 5) is 16.1. The van der Waals surface area contributed by atoms with Crippen molar-refractivity contribution in [3.8, 4) is 5.75 Å². The predicted molar refractivity (Wildman–Crippen MR) is 105 cm³/mol. The number of pyridine rings is 1. The van der Waals surface area contributed by atoms with E-state index in [0.717, 1.165) is 5.56 Å². The second-order valence-corrected chi connectivity index (χ2v) is 8.88. The third-order valence-corrected chi connectivity index (χ3v) is 6.71. The molecule has 1 amide bonds. The highest BCUT2D eigenvalue weighted by molar-refractivity contribution is 7.89. The van der Waals surface area contributed by atoms with E-state index in [9.17, 15) is 13.2 Å². The minimum atomic E-state index is -3.50. The van der Waals surface area contributed by atoms with Gasteiger partial charge in [-0.1, -0.05) is 17.7 Å². The Kier molecular flexibility index (Phi) is 6.64. The van der Waals surface area contributed by atoms with E-state index in [4.69, 9.17) is 4.74 Å². The van der Waals surface area contributed by atoms with Crippen molar-refractivity contribution in [1.82, 2.24) is 14.6 Å². The number of aromatic nitrogens is 1. The third kappa shape index (κ3) is 5.30. The molecule has 1 N–H and O–H groups in total. The topological polar surface area (TPSA) is 88.6 Å². The molecule has 1 aliphatic heterocycles. The van der Waals surface area contributed by atoms with E-state index in [1.165, 1.54) is 10.5 Å². The molecular weight excluding hydrogens is 378 g/mol. The van der Waals surface area contributed by atoms with Crippen LogP contribution < -0.4 is 10.1 Å². The van der Waals surface area contributed by atoms with Gasteiger partial charge in [0, 0.05) is 32.0 Å². The molecule has 2 heterocycles. The van der Waals surface area contributed by atoms with Crippen LogP contribution in [-0.2, 0) is 14.8 Å². The molecule has 1 saturated heterocycles. The lowest BCUT2D eigenvalue weighted by molar-refractivity contribution is -0.123. The van der Waals surface area contributed by atoms with Crippen molar-refractivity contribution < 1.29 is 17.9 Å². The van der Waals surface area contributed by atoms with Crippen molar-refractivity contribution in [2.24, 2.45) is 5.92 Å². The molecule has 28 heavy (non-hydrogen) atoms. The first-order chi connectivity index (χ1) is 13.4. The van der Waals surface area contributed by atoms with Crippen LogP contribution >= 0.6 is 0 Å². The van der Waals surface area contributed by atoms with E-state index in [0.29, 0.717) is 38.2 Å². The van der Waals surface area contributed by atoms with Gasteiger partial charge in [0.1, 0.15) is 10.6 Å². The molecule has 0 unspecified atom stereocenters. The molecule has 2 aromatic rings. The number of benzene rings is 1. The first kappa shape index (κ1) is 20.3. The molecule has 0 spiro atoms. The normalized spacial score (nSPS) is 15.9. The van der Waals surface area contributed by atoms with E-state index in [1.807, 2.05) is 31.2 Å². The van der Waals surface area contributed by atoms with Crippen molar-refractivity contribution >= 4 is 15.9 Å². The number of carbonyl (C=O) groups excluding carboxylic acids is 1. The molecule has 0 radical (unpaired) electrons. The van der Waals surface area contributed by atoms with Crippen LogP contribution in [0.3, 0.4) is 0 Å². The van der Waals surface area contributed by atoms with E-state index < -0.39 is 10.0 Å². The Morgan fingerprint density at radius 2 is 1.93 bits per heavy atom. The van der Waals surface area contributed by atoms with Crippen LogP contribution in [0, 0.1) is 12.8 Å². The number of ether oxygens (including phenoxy) is 1. The fraction of sp³-hybridized carbons (Fsp3) is 0.400. The maximum absolute atomic E-state index is 12.6. The van der Waals surface area contributed by atoms with Gasteiger partial charge in [-0.05, 0) is 49.9 Å². The van der Waals surface area contributed by atoms with Crippen LogP contribution in [0.2, 0.25) is 0 Å². The summed E-state index contributed by atoms with van der Waals surface area (Å²) in [6.07, 6.45) is 4.34. The van der Waals surface area contributed by atoms with Crippen LogP contribution in [0.15, 0.2) is 53.7 Å². The Labute approximate surface area is 165 Å². The second kappa shape index (κ2) is 9.16. The minimum absolute atomic E-state index is 0.0305. The molecule has 1 fully saturated rings. The first-order valence-corrected chi connectivity index (χ1v) is 10.8. The number of nitrogens with one attached hydrogen (secondary N) is 1. The molecule has 1 aromatic heterocycles. The lowest BCUT2D eigenvalue weighted by Crippen LogP contribution is -2.42. The van der Waals surface area contributed by atoms with E-state index in [-0.39, 0.29) is 23.3 Å². The van der Waals surface area contributed by atoms with Crippen LogP contribution in [0.5, 0.6) is 5.75 Å². The Morgan fingerprint density at radius 1 is 1.21 bits per heavy atom. The van der Waals surface area contributed by atoms with Gasteiger partial charge in [0.15, 0.2) is 6.61 Å². The Hall–Kier alpha value is -2.45. The number of carbonyl (C=O) groups is 1. The summed E-state index contributed by atoms with van der Waals surface area (Å²) in [5.74, 6) is 0.740. The van der Waals surface area contributed by atoms with Crippen molar-refractivity contribution in [3.05, 3.63) is 54.4 Å². The number of hydrogen-bond acceptors (Lipinski definition) is 5. The molecule has 1 aromatic carbocycles. The van der Waals surface area contributed by atoms with Gasteiger partial charge in [-0.25, -0.2) is 8.42 Å². The number of piperidine rings is 1. The highest BCUT2D eigenvalue weighted by Gasteiger charge is 2.29. The smallest absolute Gasteiger partial charge is 0.257 e. The summed E-state index contributed by atoms with van der Waals surface area (Å²) < 4.78 is 32.2. The zero-order valence-corrected chi connectivity index (χ0v) is 16.7. The average molecular weight is 404 g/mol. The Morgan fingerprint density at radius 3 is 2.57 bits per heavy atom. The lowest BCUT2D eigenvalue weighted by atomic mass is 9.98. The van der Waals surface area contributed by atoms with Crippen molar-refractivity contribution in [2.75, 3.05) is 26.2 Å². The summed E-state index contributed by atoms with van der Waals surface area (Å²) in [6.45, 7) is 3.37. The van der Waals surface area contributed by atoms with Gasteiger partial charge in [0.25, 0.3) is 5.91 Å². The zero-order valence-electron chi connectivity index (χ0n) is 15.9. The van der Waals surface area contributed by atoms with E-state index in [1.54, 1.807) is 18.3 Å². The quantitative estimate of drug-likeness (QED) is 0.764. The van der Waals surface area contributed by atoms with E-state index in [2.05, 4.69) is 10.3 Å². The summed E-state index contributed by atoms with van der Waals surface area (Å²) in [5, 5.41) is 2.88. The van der Waals surface area contributed by atoms with Gasteiger partial charge in [-0.2, -0.15) is 4.31 Å². The second-order valence-electron chi connectivity index (χ2n) is 6.94. The SMILES string of the molecule is Cc1ccc(OCC(=O)NCC2CCN(S(=O)(=O)c3cccnc3)CC2)cc1. The van der Waals surface area contributed by atoms with Crippen molar-refractivity contribution in [3.63, 3.8) is 0 Å². The maximum atomic E-state index is 12.6. The average Bonchev–Trinajstić information content (AvgIpc) is 2.73. The van der Waals surface area contributed by atoms with E-state index >= 15 is 0 Å². The number of amides is 1. The molecule has 0 aliphatic carbocycles. The fourth-order valence-electron chi connectivity index (χ4n) is 3.10. The highest BCUT2D eigenvalue weighted by Crippen LogP contribution is 2.23. The Balaban J connectivity index is 1.40. The third-order valence-electron chi connectivity index (χ3n) is 4.82. The number of aryl methyl sites for hydroxylation is 1. The van der Waals surface area contributed by atoms with Gasteiger partial charge in [0.05, 0.1) is 0 Å². The van der Waals surface area contributed by atoms with Gasteiger partial charge in [0.2, 0.25) is 10.0 Å². The molecule has 150 valence electrons. The maximum Gasteiger partial charge on any atom is 0.257 e. The summed E-state index contributed by atoms with van der Waals surface area (Å²) in [6, 6.07) is 10.7. The summed E-state index contributed by atoms with van der Waals surface area (Å²) in [7, 11) is -3.50. The highest BCUT2D eigenvalue weighted by atomic mass is 32.2. The first-order valence-electron chi connectivity index (χ1n) is 9.31. The lowest BCUT2D eigenvalue weighted by Gasteiger charge is -2.31. The molecule has 0 atom stereocenters. The van der Waals surface area contributed by atoms with Crippen LogP contribution in [0.4, 0.5) is 0 Å². The van der Waals surface area contributed by atoms with Gasteiger partial charge < -0.3 is 10.1 Å². The van der Waals surface area contributed by atoms with Crippen molar-refractivity contribution in [2.45, 2.75) is 24.7 Å².